The number of cyclic esters (lactones) is 1. The second kappa shape index (κ2) is 8.56. The van der Waals surface area contributed by atoms with Crippen LogP contribution in [0.15, 0.2) is 24.4 Å². The van der Waals surface area contributed by atoms with Crippen LogP contribution in [0.25, 0.3) is 5.82 Å². The second-order valence-electron chi connectivity index (χ2n) is 10.1. The van der Waals surface area contributed by atoms with Crippen LogP contribution in [0, 0.1) is 32.1 Å². The lowest BCUT2D eigenvalue weighted by Gasteiger charge is -2.44. The molecule has 1 fully saturated rings. The van der Waals surface area contributed by atoms with Gasteiger partial charge in [-0.3, -0.25) is 4.90 Å². The Morgan fingerprint density at radius 2 is 2.06 bits per heavy atom. The monoisotopic (exact) mass is 471 g/mol. The first-order valence-corrected chi connectivity index (χ1v) is 11.7. The molecule has 2 aliphatic rings. The Balaban J connectivity index is 1.39. The predicted molar refractivity (Wildman–Crippen MR) is 129 cm³/mol. The number of aryl methyl sites for hydroxylation is 2. The molecular weight excluding hydrogens is 442 g/mol. The van der Waals surface area contributed by atoms with Gasteiger partial charge >= 0.3 is 5.97 Å². The van der Waals surface area contributed by atoms with Gasteiger partial charge in [0, 0.05) is 43.0 Å². The van der Waals surface area contributed by atoms with Crippen molar-refractivity contribution in [3.05, 3.63) is 69.2 Å². The van der Waals surface area contributed by atoms with Gasteiger partial charge in [-0.15, -0.1) is 4.80 Å². The van der Waals surface area contributed by atoms with E-state index in [2.05, 4.69) is 53.2 Å². The molecule has 0 saturated carbocycles. The standard InChI is InChI=1S/C26H29N7O2/c1-15-8-24(28-10-18(15)9-27)33-30-17(3)22(31-33)11-32-12-23(29-26(4,5)14-32)19-6-7-20-21(16(19)2)13-35-25(20)34/h6-8,10,23,29H,11-14H2,1-5H3. The predicted octanol–water partition coefficient (Wildman–Crippen LogP) is 3.05. The van der Waals surface area contributed by atoms with Crippen molar-refractivity contribution in [3.63, 3.8) is 0 Å². The molecule has 9 nitrogen and oxygen atoms in total. The number of pyridine rings is 1. The fourth-order valence-electron chi connectivity index (χ4n) is 5.12. The first-order valence-electron chi connectivity index (χ1n) is 11.7. The number of nitrogens with zero attached hydrogens (tertiary/aromatic N) is 6. The Hall–Kier alpha value is -3.61. The average Bonchev–Trinajstić information content (AvgIpc) is 3.36. The Kier molecular flexibility index (Phi) is 5.66. The SMILES string of the molecule is Cc1cc(-n2nc(C)c(CN3CC(c4ccc5c(c4C)COC5=O)NC(C)(C)C3)n2)ncc1C#N. The van der Waals surface area contributed by atoms with Crippen molar-refractivity contribution in [3.8, 4) is 11.9 Å². The van der Waals surface area contributed by atoms with Crippen LogP contribution in [0.4, 0.5) is 0 Å². The minimum atomic E-state index is -0.237. The molecule has 35 heavy (non-hydrogen) atoms. The van der Waals surface area contributed by atoms with Crippen molar-refractivity contribution in [2.75, 3.05) is 13.1 Å². The summed E-state index contributed by atoms with van der Waals surface area (Å²) in [4.78, 5) is 20.3. The zero-order chi connectivity index (χ0) is 24.9. The Bertz CT molecular complexity index is 1370. The molecular formula is C26H29N7O2. The smallest absolute Gasteiger partial charge is 0.338 e. The maximum absolute atomic E-state index is 12.0. The summed E-state index contributed by atoms with van der Waals surface area (Å²) in [7, 11) is 0. The lowest BCUT2D eigenvalue weighted by Crippen LogP contribution is -2.58. The van der Waals surface area contributed by atoms with Crippen LogP contribution in [0.1, 0.15) is 69.5 Å². The summed E-state index contributed by atoms with van der Waals surface area (Å²) < 4.78 is 5.25. The zero-order valence-corrected chi connectivity index (χ0v) is 20.7. The van der Waals surface area contributed by atoms with E-state index in [9.17, 15) is 10.1 Å². The molecule has 1 saturated heterocycles. The van der Waals surface area contributed by atoms with Gasteiger partial charge in [0.25, 0.3) is 0 Å². The molecule has 2 aliphatic heterocycles. The summed E-state index contributed by atoms with van der Waals surface area (Å²) in [5.41, 5.74) is 7.01. The average molecular weight is 472 g/mol. The molecule has 0 amide bonds. The summed E-state index contributed by atoms with van der Waals surface area (Å²) >= 11 is 0. The van der Waals surface area contributed by atoms with E-state index in [4.69, 9.17) is 9.84 Å². The maximum Gasteiger partial charge on any atom is 0.338 e. The summed E-state index contributed by atoms with van der Waals surface area (Å²) in [5, 5.41) is 22.3. The Labute approximate surface area is 204 Å². The minimum Gasteiger partial charge on any atom is -0.457 e. The number of benzene rings is 1. The van der Waals surface area contributed by atoms with Crippen molar-refractivity contribution >= 4 is 5.97 Å². The third-order valence-electron chi connectivity index (χ3n) is 6.88. The van der Waals surface area contributed by atoms with Crippen LogP contribution < -0.4 is 5.32 Å². The molecule has 1 N–H and O–H groups in total. The first kappa shape index (κ1) is 23.1. The molecule has 3 aromatic rings. The molecule has 4 heterocycles. The minimum absolute atomic E-state index is 0.109. The van der Waals surface area contributed by atoms with Crippen molar-refractivity contribution in [2.24, 2.45) is 0 Å². The summed E-state index contributed by atoms with van der Waals surface area (Å²) in [5.74, 6) is 0.360. The lowest BCUT2D eigenvalue weighted by molar-refractivity contribution is 0.0535. The van der Waals surface area contributed by atoms with Crippen LogP contribution in [-0.4, -0.2) is 49.5 Å². The Morgan fingerprint density at radius 1 is 1.26 bits per heavy atom. The highest BCUT2D eigenvalue weighted by molar-refractivity contribution is 5.94. The second-order valence-corrected chi connectivity index (χ2v) is 10.1. The topological polar surface area (TPSA) is 109 Å². The van der Waals surface area contributed by atoms with E-state index in [1.165, 1.54) is 5.56 Å². The van der Waals surface area contributed by atoms with Crippen LogP contribution >= 0.6 is 0 Å². The third-order valence-corrected chi connectivity index (χ3v) is 6.88. The van der Waals surface area contributed by atoms with Gasteiger partial charge in [0.15, 0.2) is 5.82 Å². The quantitative estimate of drug-likeness (QED) is 0.579. The molecule has 5 rings (SSSR count). The number of hydrogen-bond acceptors (Lipinski definition) is 8. The number of nitrogens with one attached hydrogen (secondary N) is 1. The van der Waals surface area contributed by atoms with Crippen molar-refractivity contribution < 1.29 is 9.53 Å². The van der Waals surface area contributed by atoms with Crippen molar-refractivity contribution in [1.29, 1.82) is 5.26 Å². The molecule has 1 unspecified atom stereocenters. The number of fused-ring (bicyclic) bond motifs is 1. The molecule has 180 valence electrons. The number of carbonyl (C=O) groups is 1. The van der Waals surface area contributed by atoms with E-state index in [1.807, 2.05) is 26.0 Å². The highest BCUT2D eigenvalue weighted by atomic mass is 16.5. The van der Waals surface area contributed by atoms with Crippen molar-refractivity contribution in [1.82, 2.24) is 30.2 Å². The number of esters is 1. The van der Waals surface area contributed by atoms with Gasteiger partial charge in [0.2, 0.25) is 0 Å². The first-order chi connectivity index (χ1) is 16.6. The maximum atomic E-state index is 12.0. The van der Waals surface area contributed by atoms with Gasteiger partial charge < -0.3 is 10.1 Å². The molecule has 0 aliphatic carbocycles. The van der Waals surface area contributed by atoms with Crippen LogP contribution in [-0.2, 0) is 17.9 Å². The van der Waals surface area contributed by atoms with Crippen LogP contribution in [0.3, 0.4) is 0 Å². The summed E-state index contributed by atoms with van der Waals surface area (Å²) in [6.07, 6.45) is 1.56. The van der Waals surface area contributed by atoms with E-state index in [0.717, 1.165) is 41.2 Å². The normalized spacial score (nSPS) is 19.3. The Morgan fingerprint density at radius 3 is 2.80 bits per heavy atom. The molecule has 1 aromatic carbocycles. The fraction of sp³-hybridized carbons (Fsp3) is 0.423. The van der Waals surface area contributed by atoms with Crippen molar-refractivity contribution in [2.45, 2.75) is 59.4 Å². The van der Waals surface area contributed by atoms with E-state index >= 15 is 0 Å². The zero-order valence-electron chi connectivity index (χ0n) is 20.7. The number of carbonyl (C=O) groups excluding carboxylic acids is 1. The fourth-order valence-corrected chi connectivity index (χ4v) is 5.12. The number of aromatic nitrogens is 4. The summed E-state index contributed by atoms with van der Waals surface area (Å²) in [6, 6.07) is 8.03. The molecule has 0 radical (unpaired) electrons. The van der Waals surface area contributed by atoms with E-state index < -0.39 is 0 Å². The molecule has 9 heteroatoms. The van der Waals surface area contributed by atoms with Gasteiger partial charge in [-0.1, -0.05) is 6.07 Å². The van der Waals surface area contributed by atoms with Gasteiger partial charge in [-0.2, -0.15) is 15.5 Å². The number of ether oxygens (including phenoxy) is 1. The number of piperazine rings is 1. The highest BCUT2D eigenvalue weighted by Gasteiger charge is 2.35. The van der Waals surface area contributed by atoms with E-state index in [-0.39, 0.29) is 17.6 Å². The molecule has 0 spiro atoms. The molecule has 1 atom stereocenters. The van der Waals surface area contributed by atoms with Crippen LogP contribution in [0.5, 0.6) is 0 Å². The number of nitriles is 1. The summed E-state index contributed by atoms with van der Waals surface area (Å²) in [6.45, 7) is 13.0. The number of hydrogen-bond donors (Lipinski definition) is 1. The molecule has 0 bridgehead atoms. The van der Waals surface area contributed by atoms with Crippen LogP contribution in [0.2, 0.25) is 0 Å². The largest absolute Gasteiger partial charge is 0.457 e. The number of rotatable bonds is 4. The van der Waals surface area contributed by atoms with Gasteiger partial charge in [0.1, 0.15) is 18.4 Å². The third kappa shape index (κ3) is 4.31. The van der Waals surface area contributed by atoms with Gasteiger partial charge in [-0.25, -0.2) is 9.78 Å². The molecule has 2 aromatic heterocycles. The van der Waals surface area contributed by atoms with E-state index in [0.29, 0.717) is 30.1 Å². The lowest BCUT2D eigenvalue weighted by atomic mass is 9.89. The highest BCUT2D eigenvalue weighted by Crippen LogP contribution is 2.32. The van der Waals surface area contributed by atoms with Gasteiger partial charge in [-0.05, 0) is 63.4 Å². The van der Waals surface area contributed by atoms with Gasteiger partial charge in [0.05, 0.1) is 16.8 Å². The van der Waals surface area contributed by atoms with E-state index in [1.54, 1.807) is 11.0 Å².